The van der Waals surface area contributed by atoms with E-state index in [0.29, 0.717) is 11.5 Å². The minimum absolute atomic E-state index is 0.0731. The van der Waals surface area contributed by atoms with Crippen LogP contribution in [0.5, 0.6) is 0 Å². The number of nitrogens with zero attached hydrogens (tertiary/aromatic N) is 3. The Morgan fingerprint density at radius 2 is 1.94 bits per heavy atom. The van der Waals surface area contributed by atoms with Gasteiger partial charge in [0.1, 0.15) is 11.6 Å². The van der Waals surface area contributed by atoms with Crippen molar-refractivity contribution in [2.75, 3.05) is 18.0 Å². The highest BCUT2D eigenvalue weighted by atomic mass is 35.5. The van der Waals surface area contributed by atoms with Gasteiger partial charge < -0.3 is 10.6 Å². The second-order valence-corrected chi connectivity index (χ2v) is 9.83. The van der Waals surface area contributed by atoms with Crippen LogP contribution in [0.1, 0.15) is 35.8 Å². The van der Waals surface area contributed by atoms with Crippen molar-refractivity contribution < 1.29 is 0 Å². The second kappa shape index (κ2) is 7.80. The van der Waals surface area contributed by atoms with Gasteiger partial charge in [0.05, 0.1) is 10.8 Å². The largest absolute Gasteiger partial charge is 0.356 e. The number of anilines is 1. The van der Waals surface area contributed by atoms with Crippen molar-refractivity contribution >= 4 is 34.7 Å². The SMILES string of the molecule is Cc1nc(N2CCC3(CC2)Cc2ccccc2[C@H]3N)cc(=O)n1C1=CC=C[C@H](Cl)C1Cl. The maximum Gasteiger partial charge on any atom is 0.259 e. The molecule has 1 spiro atoms. The van der Waals surface area contributed by atoms with E-state index in [1.165, 1.54) is 11.1 Å². The first kappa shape index (κ1) is 20.8. The summed E-state index contributed by atoms with van der Waals surface area (Å²) in [6.07, 6.45) is 8.49. The number of hydrogen-bond acceptors (Lipinski definition) is 4. The third-order valence-corrected chi connectivity index (χ3v) is 8.15. The summed E-state index contributed by atoms with van der Waals surface area (Å²) in [5.41, 5.74) is 9.99. The lowest BCUT2D eigenvalue weighted by Crippen LogP contribution is -2.45. The number of halogens is 2. The molecule has 3 atom stereocenters. The zero-order valence-corrected chi connectivity index (χ0v) is 19.0. The van der Waals surface area contributed by atoms with Crippen molar-refractivity contribution in [2.24, 2.45) is 11.1 Å². The maximum absolute atomic E-state index is 13.0. The second-order valence-electron chi connectivity index (χ2n) is 8.86. The van der Waals surface area contributed by atoms with E-state index in [0.717, 1.165) is 38.2 Å². The molecule has 2 aromatic rings. The number of rotatable bonds is 2. The molecule has 2 aliphatic carbocycles. The fraction of sp³-hybridized carbons (Fsp3) is 0.417. The van der Waals surface area contributed by atoms with Crippen LogP contribution in [0, 0.1) is 12.3 Å². The Labute approximate surface area is 192 Å². The topological polar surface area (TPSA) is 64.2 Å². The van der Waals surface area contributed by atoms with Crippen LogP contribution in [-0.4, -0.2) is 33.4 Å². The Hall–Kier alpha value is -2.08. The van der Waals surface area contributed by atoms with E-state index in [2.05, 4.69) is 29.2 Å². The van der Waals surface area contributed by atoms with Crippen molar-refractivity contribution in [3.05, 3.63) is 75.9 Å². The number of aryl methyl sites for hydroxylation is 1. The van der Waals surface area contributed by atoms with Crippen molar-refractivity contribution in [3.8, 4) is 0 Å². The Kier molecular flexibility index (Phi) is 5.24. The van der Waals surface area contributed by atoms with Crippen LogP contribution in [-0.2, 0) is 6.42 Å². The molecule has 162 valence electrons. The molecule has 2 N–H and O–H groups in total. The lowest BCUT2D eigenvalue weighted by Gasteiger charge is -2.42. The van der Waals surface area contributed by atoms with Gasteiger partial charge in [0, 0.05) is 30.9 Å². The van der Waals surface area contributed by atoms with Crippen molar-refractivity contribution in [2.45, 2.75) is 43.0 Å². The third kappa shape index (κ3) is 3.43. The number of nitrogens with two attached hydrogens (primary N) is 1. The van der Waals surface area contributed by atoms with Crippen LogP contribution in [0.15, 0.2) is 53.4 Å². The predicted octanol–water partition coefficient (Wildman–Crippen LogP) is 4.02. The van der Waals surface area contributed by atoms with Gasteiger partial charge in [-0.2, -0.15) is 0 Å². The summed E-state index contributed by atoms with van der Waals surface area (Å²) in [7, 11) is 0. The molecule has 0 saturated carbocycles. The van der Waals surface area contributed by atoms with Gasteiger partial charge in [0.25, 0.3) is 5.56 Å². The number of fused-ring (bicyclic) bond motifs is 1. The molecule has 5 rings (SSSR count). The quantitative estimate of drug-likeness (QED) is 0.692. The molecule has 1 aromatic carbocycles. The predicted molar refractivity (Wildman–Crippen MR) is 127 cm³/mol. The lowest BCUT2D eigenvalue weighted by atomic mass is 9.73. The molecule has 0 bridgehead atoms. The number of piperidine rings is 1. The van der Waals surface area contributed by atoms with Crippen molar-refractivity contribution in [1.29, 1.82) is 0 Å². The third-order valence-electron chi connectivity index (χ3n) is 7.13. The van der Waals surface area contributed by atoms with Crippen molar-refractivity contribution in [1.82, 2.24) is 9.55 Å². The number of allylic oxidation sites excluding steroid dienone is 4. The van der Waals surface area contributed by atoms with Gasteiger partial charge >= 0.3 is 0 Å². The highest BCUT2D eigenvalue weighted by molar-refractivity contribution is 6.34. The first-order valence-electron chi connectivity index (χ1n) is 10.8. The van der Waals surface area contributed by atoms with Crippen LogP contribution in [0.2, 0.25) is 0 Å². The Bertz CT molecular complexity index is 1130. The minimum Gasteiger partial charge on any atom is -0.356 e. The fourth-order valence-electron chi connectivity index (χ4n) is 5.36. The van der Waals surface area contributed by atoms with E-state index in [9.17, 15) is 4.79 Å². The molecular weight excluding hydrogens is 431 g/mol. The standard InChI is InChI=1S/C24H26Cl2N4O/c1-15-28-20(13-21(31)30(15)19-8-4-7-18(25)22(19)26)29-11-9-24(10-12-29)14-16-5-2-3-6-17(16)23(24)27/h2-8,13,18,22-23H,9-12,14,27H2,1H3/t18-,22?,23+/m0/s1. The van der Waals surface area contributed by atoms with Gasteiger partial charge in [-0.05, 0) is 48.8 Å². The molecule has 31 heavy (non-hydrogen) atoms. The van der Waals surface area contributed by atoms with E-state index in [-0.39, 0.29) is 22.4 Å². The highest BCUT2D eigenvalue weighted by Crippen LogP contribution is 2.50. The first-order valence-corrected chi connectivity index (χ1v) is 11.6. The molecule has 1 aliphatic heterocycles. The van der Waals surface area contributed by atoms with E-state index >= 15 is 0 Å². The lowest BCUT2D eigenvalue weighted by molar-refractivity contribution is 0.187. The van der Waals surface area contributed by atoms with Gasteiger partial charge in [-0.3, -0.25) is 9.36 Å². The smallest absolute Gasteiger partial charge is 0.259 e. The Balaban J connectivity index is 1.37. The van der Waals surface area contributed by atoms with E-state index in [1.807, 2.05) is 25.2 Å². The van der Waals surface area contributed by atoms with Crippen LogP contribution in [0.4, 0.5) is 5.82 Å². The summed E-state index contributed by atoms with van der Waals surface area (Å²) in [6, 6.07) is 10.2. The molecule has 7 heteroatoms. The zero-order valence-electron chi connectivity index (χ0n) is 17.5. The number of aromatic nitrogens is 2. The molecule has 2 heterocycles. The fourth-order valence-corrected chi connectivity index (χ4v) is 5.82. The average Bonchev–Trinajstić information content (AvgIpc) is 3.02. The van der Waals surface area contributed by atoms with Crippen LogP contribution >= 0.6 is 23.2 Å². The summed E-state index contributed by atoms with van der Waals surface area (Å²) in [5, 5.41) is -0.832. The average molecular weight is 457 g/mol. The molecule has 1 aromatic heterocycles. The first-order chi connectivity index (χ1) is 14.9. The van der Waals surface area contributed by atoms with Crippen LogP contribution in [0.3, 0.4) is 0 Å². The summed E-state index contributed by atoms with van der Waals surface area (Å²) in [6.45, 7) is 3.52. The van der Waals surface area contributed by atoms with Gasteiger partial charge in [-0.1, -0.05) is 36.4 Å². The van der Waals surface area contributed by atoms with E-state index < -0.39 is 5.38 Å². The Morgan fingerprint density at radius 3 is 2.65 bits per heavy atom. The summed E-state index contributed by atoms with van der Waals surface area (Å²) in [5.74, 6) is 1.34. The number of alkyl halides is 2. The highest BCUT2D eigenvalue weighted by Gasteiger charge is 2.46. The zero-order chi connectivity index (χ0) is 21.8. The van der Waals surface area contributed by atoms with Gasteiger partial charge in [-0.15, -0.1) is 23.2 Å². The van der Waals surface area contributed by atoms with Crippen LogP contribution < -0.4 is 16.2 Å². The Morgan fingerprint density at radius 1 is 1.19 bits per heavy atom. The molecule has 1 unspecified atom stereocenters. The molecule has 0 amide bonds. The normalized spacial score (nSPS) is 26.8. The summed E-state index contributed by atoms with van der Waals surface area (Å²) >= 11 is 12.7. The van der Waals surface area contributed by atoms with E-state index in [1.54, 1.807) is 10.6 Å². The molecular formula is C24H26Cl2N4O. The molecule has 1 fully saturated rings. The molecule has 3 aliphatic rings. The minimum atomic E-state index is -0.476. The molecule has 5 nitrogen and oxygen atoms in total. The molecule has 1 saturated heterocycles. The van der Waals surface area contributed by atoms with Gasteiger partial charge in [0.15, 0.2) is 0 Å². The number of benzene rings is 1. The van der Waals surface area contributed by atoms with Crippen molar-refractivity contribution in [3.63, 3.8) is 0 Å². The number of hydrogen-bond donors (Lipinski definition) is 1. The molecule has 0 radical (unpaired) electrons. The van der Waals surface area contributed by atoms with Gasteiger partial charge in [0.2, 0.25) is 0 Å². The maximum atomic E-state index is 13.0. The van der Waals surface area contributed by atoms with Crippen LogP contribution in [0.25, 0.3) is 5.70 Å². The summed E-state index contributed by atoms with van der Waals surface area (Å²) < 4.78 is 1.56. The van der Waals surface area contributed by atoms with Gasteiger partial charge in [-0.25, -0.2) is 4.98 Å². The monoisotopic (exact) mass is 456 g/mol. The summed E-state index contributed by atoms with van der Waals surface area (Å²) in [4.78, 5) is 20.0. The van der Waals surface area contributed by atoms with E-state index in [4.69, 9.17) is 33.9 Å².